The van der Waals surface area contributed by atoms with Crippen LogP contribution in [0.5, 0.6) is 0 Å². The van der Waals surface area contributed by atoms with E-state index in [4.69, 9.17) is 5.11 Å². The van der Waals surface area contributed by atoms with E-state index in [0.29, 0.717) is 0 Å². The molecule has 0 atom stereocenters. The molecule has 0 amide bonds. The molecule has 0 aliphatic heterocycles. The number of benzene rings is 1. The summed E-state index contributed by atoms with van der Waals surface area (Å²) in [5.41, 5.74) is 2.36. The van der Waals surface area contributed by atoms with Crippen molar-refractivity contribution in [2.24, 2.45) is 0 Å². The number of nitrogens with zero attached hydrogens (tertiary/aromatic N) is 3. The molecule has 0 radical (unpaired) electrons. The van der Waals surface area contributed by atoms with Crippen LogP contribution in [0.4, 0.5) is 5.82 Å². The molecule has 1 aromatic carbocycles. The van der Waals surface area contributed by atoms with Gasteiger partial charge in [-0.2, -0.15) is 0 Å². The summed E-state index contributed by atoms with van der Waals surface area (Å²) in [6, 6.07) is 7.35. The molecule has 1 heterocycles. The number of carbonyl (C=O) groups is 1. The number of anilines is 1. The predicted molar refractivity (Wildman–Crippen MR) is 73.1 cm³/mol. The molecule has 5 heteroatoms. The Hall–Kier alpha value is -2.43. The first-order chi connectivity index (χ1) is 9.06. The zero-order valence-corrected chi connectivity index (χ0v) is 10.9. The first-order valence-corrected chi connectivity index (χ1v) is 5.87. The van der Waals surface area contributed by atoms with E-state index in [0.717, 1.165) is 22.6 Å². The van der Waals surface area contributed by atoms with E-state index in [2.05, 4.69) is 9.97 Å². The zero-order valence-electron chi connectivity index (χ0n) is 10.9. The maximum atomic E-state index is 10.7. The standard InChI is InChI=1S/C14H15N3O2/c1-17(2)13-9-15-8-12(16-13)11-5-3-4-10(6-11)7-14(18)19/h3-6,8-9H,7H2,1-2H3,(H,18,19). The monoisotopic (exact) mass is 257 g/mol. The molecule has 0 aliphatic rings. The van der Waals surface area contributed by atoms with Gasteiger partial charge in [-0.25, -0.2) is 4.98 Å². The Balaban J connectivity index is 2.36. The fourth-order valence-corrected chi connectivity index (χ4v) is 1.73. The second-order valence-electron chi connectivity index (χ2n) is 4.43. The lowest BCUT2D eigenvalue weighted by Gasteiger charge is -2.11. The average Bonchev–Trinajstić information content (AvgIpc) is 2.38. The number of carboxylic acids is 1. The Bertz CT molecular complexity index is 597. The summed E-state index contributed by atoms with van der Waals surface area (Å²) >= 11 is 0. The minimum absolute atomic E-state index is 0.00857. The van der Waals surface area contributed by atoms with Crippen LogP contribution < -0.4 is 4.90 Å². The number of hydrogen-bond acceptors (Lipinski definition) is 4. The molecule has 98 valence electrons. The van der Waals surface area contributed by atoms with Crippen LogP contribution in [0.15, 0.2) is 36.7 Å². The van der Waals surface area contributed by atoms with Crippen LogP contribution in [-0.4, -0.2) is 35.1 Å². The number of aromatic nitrogens is 2. The summed E-state index contributed by atoms with van der Waals surface area (Å²) in [6.07, 6.45) is 3.37. The van der Waals surface area contributed by atoms with Gasteiger partial charge in [0.25, 0.3) is 0 Å². The smallest absolute Gasteiger partial charge is 0.307 e. The van der Waals surface area contributed by atoms with Gasteiger partial charge in [-0.05, 0) is 11.6 Å². The van der Waals surface area contributed by atoms with Crippen LogP contribution in [0.1, 0.15) is 5.56 Å². The maximum absolute atomic E-state index is 10.7. The molecule has 0 fully saturated rings. The van der Waals surface area contributed by atoms with Crippen LogP contribution in [0.2, 0.25) is 0 Å². The van der Waals surface area contributed by atoms with Crippen LogP contribution in [0.3, 0.4) is 0 Å². The topological polar surface area (TPSA) is 66.3 Å². The minimum atomic E-state index is -0.842. The number of aliphatic carboxylic acids is 1. The van der Waals surface area contributed by atoms with E-state index in [1.807, 2.05) is 37.2 Å². The first kappa shape index (κ1) is 13.0. The van der Waals surface area contributed by atoms with Crippen LogP contribution in [0, 0.1) is 0 Å². The maximum Gasteiger partial charge on any atom is 0.307 e. The fourth-order valence-electron chi connectivity index (χ4n) is 1.73. The minimum Gasteiger partial charge on any atom is -0.481 e. The normalized spacial score (nSPS) is 10.2. The molecule has 2 aromatic rings. The Labute approximate surface area is 111 Å². The van der Waals surface area contributed by atoms with Gasteiger partial charge < -0.3 is 10.0 Å². The molecule has 0 bridgehead atoms. The molecule has 1 N–H and O–H groups in total. The molecular weight excluding hydrogens is 242 g/mol. The Morgan fingerprint density at radius 3 is 2.79 bits per heavy atom. The molecule has 5 nitrogen and oxygen atoms in total. The van der Waals surface area contributed by atoms with Crippen molar-refractivity contribution in [3.63, 3.8) is 0 Å². The predicted octanol–water partition coefficient (Wildman–Crippen LogP) is 1.84. The highest BCUT2D eigenvalue weighted by molar-refractivity contribution is 5.71. The molecular formula is C14H15N3O2. The largest absolute Gasteiger partial charge is 0.481 e. The molecule has 0 spiro atoms. The van der Waals surface area contributed by atoms with Gasteiger partial charge in [0, 0.05) is 19.7 Å². The van der Waals surface area contributed by atoms with Crippen LogP contribution in [-0.2, 0) is 11.2 Å². The van der Waals surface area contributed by atoms with Crippen molar-refractivity contribution in [3.05, 3.63) is 42.2 Å². The zero-order chi connectivity index (χ0) is 13.8. The summed E-state index contributed by atoms with van der Waals surface area (Å²) in [5.74, 6) is -0.0774. The van der Waals surface area contributed by atoms with Gasteiger partial charge >= 0.3 is 5.97 Å². The van der Waals surface area contributed by atoms with Crippen molar-refractivity contribution in [3.8, 4) is 11.3 Å². The lowest BCUT2D eigenvalue weighted by atomic mass is 10.1. The number of hydrogen-bond donors (Lipinski definition) is 1. The van der Waals surface area contributed by atoms with Crippen molar-refractivity contribution in [2.75, 3.05) is 19.0 Å². The SMILES string of the molecule is CN(C)c1cncc(-c2cccc(CC(=O)O)c2)n1. The molecule has 0 saturated heterocycles. The molecule has 19 heavy (non-hydrogen) atoms. The summed E-state index contributed by atoms with van der Waals surface area (Å²) in [6.45, 7) is 0. The van der Waals surface area contributed by atoms with Gasteiger partial charge in [0.1, 0.15) is 5.82 Å². The number of rotatable bonds is 4. The van der Waals surface area contributed by atoms with Gasteiger partial charge in [0.15, 0.2) is 0 Å². The lowest BCUT2D eigenvalue weighted by Crippen LogP contribution is -2.11. The second kappa shape index (κ2) is 5.48. The molecule has 0 saturated carbocycles. The molecule has 2 rings (SSSR count). The van der Waals surface area contributed by atoms with Crippen LogP contribution >= 0.6 is 0 Å². The van der Waals surface area contributed by atoms with Gasteiger partial charge in [-0.1, -0.05) is 18.2 Å². The Morgan fingerprint density at radius 2 is 2.11 bits per heavy atom. The highest BCUT2D eigenvalue weighted by Crippen LogP contribution is 2.20. The third-order valence-corrected chi connectivity index (χ3v) is 2.66. The van der Waals surface area contributed by atoms with Gasteiger partial charge in [0.05, 0.1) is 24.5 Å². The lowest BCUT2D eigenvalue weighted by molar-refractivity contribution is -0.136. The van der Waals surface area contributed by atoms with Crippen LogP contribution in [0.25, 0.3) is 11.3 Å². The van der Waals surface area contributed by atoms with Gasteiger partial charge in [-0.15, -0.1) is 0 Å². The molecule has 0 aliphatic carbocycles. The molecule has 0 unspecified atom stereocenters. The summed E-state index contributed by atoms with van der Waals surface area (Å²) in [5, 5.41) is 8.81. The van der Waals surface area contributed by atoms with Crippen molar-refractivity contribution >= 4 is 11.8 Å². The van der Waals surface area contributed by atoms with Crippen molar-refractivity contribution < 1.29 is 9.90 Å². The van der Waals surface area contributed by atoms with E-state index >= 15 is 0 Å². The van der Waals surface area contributed by atoms with E-state index < -0.39 is 5.97 Å². The van der Waals surface area contributed by atoms with Crippen molar-refractivity contribution in [1.82, 2.24) is 9.97 Å². The molecule has 1 aromatic heterocycles. The van der Waals surface area contributed by atoms with E-state index in [1.165, 1.54) is 0 Å². The van der Waals surface area contributed by atoms with Gasteiger partial charge in [-0.3, -0.25) is 9.78 Å². The van der Waals surface area contributed by atoms with Gasteiger partial charge in [0.2, 0.25) is 0 Å². The summed E-state index contributed by atoms with van der Waals surface area (Å²) in [4.78, 5) is 21.2. The van der Waals surface area contributed by atoms with E-state index in [-0.39, 0.29) is 6.42 Å². The van der Waals surface area contributed by atoms with Crippen molar-refractivity contribution in [1.29, 1.82) is 0 Å². The highest BCUT2D eigenvalue weighted by Gasteiger charge is 2.06. The first-order valence-electron chi connectivity index (χ1n) is 5.87. The highest BCUT2D eigenvalue weighted by atomic mass is 16.4. The van der Waals surface area contributed by atoms with Crippen molar-refractivity contribution in [2.45, 2.75) is 6.42 Å². The number of carboxylic acid groups (broad SMARTS) is 1. The summed E-state index contributed by atoms with van der Waals surface area (Å²) < 4.78 is 0. The average molecular weight is 257 g/mol. The van der Waals surface area contributed by atoms with E-state index in [1.54, 1.807) is 18.5 Å². The quantitative estimate of drug-likeness (QED) is 0.905. The summed E-state index contributed by atoms with van der Waals surface area (Å²) in [7, 11) is 3.79. The third kappa shape index (κ3) is 3.28. The third-order valence-electron chi connectivity index (χ3n) is 2.66. The van der Waals surface area contributed by atoms with E-state index in [9.17, 15) is 4.79 Å². The fraction of sp³-hybridized carbons (Fsp3) is 0.214. The second-order valence-corrected chi connectivity index (χ2v) is 4.43. The Morgan fingerprint density at radius 1 is 1.32 bits per heavy atom. The Kier molecular flexibility index (Phi) is 3.75.